The third-order valence-electron chi connectivity index (χ3n) is 1.46. The maximum absolute atomic E-state index is 12.1. The fourth-order valence-corrected chi connectivity index (χ4v) is 0.830. The fourth-order valence-electron chi connectivity index (χ4n) is 0.830. The number of hydrogen-bond donors (Lipinski definition) is 1. The monoisotopic (exact) mass is 189 g/mol. The fraction of sp³-hybridized carbons (Fsp3) is 0.143. The van der Waals surface area contributed by atoms with Gasteiger partial charge in [-0.2, -0.15) is 0 Å². The number of nitrogens with zero attached hydrogens (tertiary/aromatic N) is 1. The van der Waals surface area contributed by atoms with Gasteiger partial charge in [-0.25, -0.2) is 8.78 Å². The van der Waals surface area contributed by atoms with Gasteiger partial charge in [0.1, 0.15) is 5.75 Å². The van der Waals surface area contributed by atoms with Gasteiger partial charge >= 0.3 is 0 Å². The molecule has 0 aliphatic heterocycles. The molecule has 0 spiro atoms. The largest absolute Gasteiger partial charge is 0.507 e. The van der Waals surface area contributed by atoms with Crippen LogP contribution in [-0.4, -0.2) is 10.0 Å². The van der Waals surface area contributed by atoms with E-state index in [0.717, 1.165) is 12.1 Å². The molecule has 6 heteroatoms. The van der Waals surface area contributed by atoms with Gasteiger partial charge in [0.05, 0.1) is 10.5 Å². The van der Waals surface area contributed by atoms with E-state index < -0.39 is 28.3 Å². The van der Waals surface area contributed by atoms with Crippen LogP contribution in [-0.2, 0) is 0 Å². The number of nitro benzene ring substituents is 1. The molecule has 0 fully saturated rings. The van der Waals surface area contributed by atoms with E-state index in [0.29, 0.717) is 6.07 Å². The van der Waals surface area contributed by atoms with Gasteiger partial charge < -0.3 is 5.11 Å². The summed E-state index contributed by atoms with van der Waals surface area (Å²) in [6, 6.07) is 2.49. The summed E-state index contributed by atoms with van der Waals surface area (Å²) in [6.45, 7) is 0. The van der Waals surface area contributed by atoms with Gasteiger partial charge in [0.2, 0.25) is 0 Å². The lowest BCUT2D eigenvalue weighted by Crippen LogP contribution is -1.91. The summed E-state index contributed by atoms with van der Waals surface area (Å²) in [5.41, 5.74) is -1.19. The first-order valence-electron chi connectivity index (χ1n) is 3.28. The Morgan fingerprint density at radius 2 is 2.08 bits per heavy atom. The highest BCUT2D eigenvalue weighted by atomic mass is 19.3. The molecule has 13 heavy (non-hydrogen) atoms. The van der Waals surface area contributed by atoms with E-state index in [4.69, 9.17) is 5.11 Å². The minimum absolute atomic E-state index is 0.465. The summed E-state index contributed by atoms with van der Waals surface area (Å²) in [7, 11) is 0. The number of alkyl halides is 2. The Morgan fingerprint density at radius 1 is 1.46 bits per heavy atom. The lowest BCUT2D eigenvalue weighted by Gasteiger charge is -2.01. The van der Waals surface area contributed by atoms with Gasteiger partial charge in [-0.3, -0.25) is 10.1 Å². The van der Waals surface area contributed by atoms with Crippen molar-refractivity contribution in [1.82, 2.24) is 0 Å². The van der Waals surface area contributed by atoms with E-state index in [9.17, 15) is 18.9 Å². The Morgan fingerprint density at radius 3 is 2.54 bits per heavy atom. The zero-order valence-corrected chi connectivity index (χ0v) is 6.28. The normalized spacial score (nSPS) is 10.4. The SMILES string of the molecule is O=[N+]([O-])c1ccc(O)c(C(F)F)c1. The van der Waals surface area contributed by atoms with Crippen LogP contribution in [0.5, 0.6) is 5.75 Å². The molecule has 0 unspecified atom stereocenters. The Hall–Kier alpha value is -1.72. The van der Waals surface area contributed by atoms with Crippen LogP contribution in [0, 0.1) is 10.1 Å². The van der Waals surface area contributed by atoms with Crippen molar-refractivity contribution in [3.8, 4) is 5.75 Å². The molecule has 1 rings (SSSR count). The van der Waals surface area contributed by atoms with Gasteiger partial charge in [-0.15, -0.1) is 0 Å². The summed E-state index contributed by atoms with van der Waals surface area (Å²) >= 11 is 0. The molecule has 0 amide bonds. The van der Waals surface area contributed by atoms with E-state index >= 15 is 0 Å². The molecule has 0 radical (unpaired) electrons. The molecule has 1 aromatic carbocycles. The zero-order valence-electron chi connectivity index (χ0n) is 6.28. The van der Waals surface area contributed by atoms with Gasteiger partial charge in [0.25, 0.3) is 12.1 Å². The topological polar surface area (TPSA) is 63.4 Å². The van der Waals surface area contributed by atoms with Crippen molar-refractivity contribution in [3.63, 3.8) is 0 Å². The minimum atomic E-state index is -2.92. The van der Waals surface area contributed by atoms with Crippen molar-refractivity contribution in [2.24, 2.45) is 0 Å². The van der Waals surface area contributed by atoms with Crippen molar-refractivity contribution < 1.29 is 18.8 Å². The summed E-state index contributed by atoms with van der Waals surface area (Å²) in [5.74, 6) is -0.638. The number of aromatic hydroxyl groups is 1. The summed E-state index contributed by atoms with van der Waals surface area (Å²) in [5, 5.41) is 19.1. The maximum atomic E-state index is 12.1. The van der Waals surface area contributed by atoms with Crippen LogP contribution in [0.25, 0.3) is 0 Å². The molecule has 4 nitrogen and oxygen atoms in total. The van der Waals surface area contributed by atoms with Crippen LogP contribution in [0.2, 0.25) is 0 Å². The van der Waals surface area contributed by atoms with Gasteiger partial charge in [-0.05, 0) is 6.07 Å². The molecule has 0 aliphatic carbocycles. The first-order valence-corrected chi connectivity index (χ1v) is 3.28. The second-order valence-electron chi connectivity index (χ2n) is 2.30. The molecular weight excluding hydrogens is 184 g/mol. The smallest absolute Gasteiger partial charge is 0.270 e. The average molecular weight is 189 g/mol. The standard InChI is InChI=1S/C7H5F2NO3/c8-7(9)5-3-4(10(12)13)1-2-6(5)11/h1-3,7,11H. The average Bonchev–Trinajstić information content (AvgIpc) is 2.04. The number of halogens is 2. The Bertz CT molecular complexity index is 341. The first kappa shape index (κ1) is 9.37. The molecule has 0 aliphatic rings. The molecule has 0 bridgehead atoms. The van der Waals surface area contributed by atoms with Gasteiger partial charge in [0, 0.05) is 12.1 Å². The maximum Gasteiger partial charge on any atom is 0.270 e. The summed E-state index contributed by atoms with van der Waals surface area (Å²) in [4.78, 5) is 9.37. The lowest BCUT2D eigenvalue weighted by molar-refractivity contribution is -0.385. The van der Waals surface area contributed by atoms with Crippen molar-refractivity contribution >= 4 is 5.69 Å². The number of benzene rings is 1. The Kier molecular flexibility index (Phi) is 2.41. The summed E-state index contributed by atoms with van der Waals surface area (Å²) < 4.78 is 24.2. The Labute approximate surface area is 71.6 Å². The van der Waals surface area contributed by atoms with Crippen molar-refractivity contribution in [2.45, 2.75) is 6.43 Å². The minimum Gasteiger partial charge on any atom is -0.507 e. The number of phenols is 1. The number of non-ortho nitro benzene ring substituents is 1. The zero-order chi connectivity index (χ0) is 10.0. The van der Waals surface area contributed by atoms with E-state index in [-0.39, 0.29) is 0 Å². The molecule has 70 valence electrons. The molecule has 1 N–H and O–H groups in total. The van der Waals surface area contributed by atoms with Crippen LogP contribution >= 0.6 is 0 Å². The first-order chi connectivity index (χ1) is 6.02. The van der Waals surface area contributed by atoms with E-state index in [1.807, 2.05) is 0 Å². The quantitative estimate of drug-likeness (QED) is 0.573. The van der Waals surface area contributed by atoms with Crippen LogP contribution < -0.4 is 0 Å². The third kappa shape index (κ3) is 1.90. The number of nitro groups is 1. The van der Waals surface area contributed by atoms with Crippen LogP contribution in [0.4, 0.5) is 14.5 Å². The number of phenolic OH excluding ortho intramolecular Hbond substituents is 1. The van der Waals surface area contributed by atoms with Crippen LogP contribution in [0.1, 0.15) is 12.0 Å². The van der Waals surface area contributed by atoms with Crippen molar-refractivity contribution in [1.29, 1.82) is 0 Å². The predicted molar refractivity (Wildman–Crippen MR) is 39.7 cm³/mol. The van der Waals surface area contributed by atoms with E-state index in [2.05, 4.69) is 0 Å². The van der Waals surface area contributed by atoms with Crippen molar-refractivity contribution in [2.75, 3.05) is 0 Å². The third-order valence-corrected chi connectivity index (χ3v) is 1.46. The number of rotatable bonds is 2. The lowest BCUT2D eigenvalue weighted by atomic mass is 10.2. The molecular formula is C7H5F2NO3. The summed E-state index contributed by atoms with van der Waals surface area (Å²) in [6.07, 6.45) is -2.92. The second-order valence-corrected chi connectivity index (χ2v) is 2.30. The second kappa shape index (κ2) is 3.34. The van der Waals surface area contributed by atoms with E-state index in [1.54, 1.807) is 0 Å². The highest BCUT2D eigenvalue weighted by Crippen LogP contribution is 2.30. The molecule has 0 saturated carbocycles. The molecule has 0 aromatic heterocycles. The van der Waals surface area contributed by atoms with Gasteiger partial charge in [0.15, 0.2) is 0 Å². The molecule has 0 heterocycles. The van der Waals surface area contributed by atoms with Crippen LogP contribution in [0.15, 0.2) is 18.2 Å². The molecule has 1 aromatic rings. The van der Waals surface area contributed by atoms with Crippen LogP contribution in [0.3, 0.4) is 0 Å². The predicted octanol–water partition coefficient (Wildman–Crippen LogP) is 2.24. The molecule has 0 saturated heterocycles. The van der Waals surface area contributed by atoms with E-state index in [1.165, 1.54) is 0 Å². The number of hydrogen-bond acceptors (Lipinski definition) is 3. The van der Waals surface area contributed by atoms with Gasteiger partial charge in [-0.1, -0.05) is 0 Å². The highest BCUT2D eigenvalue weighted by molar-refractivity contribution is 5.43. The Balaban J connectivity index is 3.19. The highest BCUT2D eigenvalue weighted by Gasteiger charge is 2.16. The van der Waals surface area contributed by atoms with Crippen molar-refractivity contribution in [3.05, 3.63) is 33.9 Å². The molecule has 0 atom stereocenters.